The van der Waals surface area contributed by atoms with Gasteiger partial charge >= 0.3 is 12.1 Å². The van der Waals surface area contributed by atoms with Crippen LogP contribution in [-0.2, 0) is 11.0 Å². The number of rotatable bonds is 4. The Bertz CT molecular complexity index is 516. The van der Waals surface area contributed by atoms with Crippen LogP contribution in [0.4, 0.5) is 13.2 Å². The summed E-state index contributed by atoms with van der Waals surface area (Å²) in [7, 11) is 0. The Morgan fingerprint density at radius 2 is 2.10 bits per heavy atom. The van der Waals surface area contributed by atoms with Crippen LogP contribution in [0, 0.1) is 0 Å². The first-order chi connectivity index (χ1) is 9.80. The van der Waals surface area contributed by atoms with E-state index in [1.165, 1.54) is 12.1 Å². The summed E-state index contributed by atoms with van der Waals surface area (Å²) in [5, 5.41) is 8.92. The highest BCUT2D eigenvalue weighted by Gasteiger charge is 2.37. The van der Waals surface area contributed by atoms with Gasteiger partial charge in [0.25, 0.3) is 0 Å². The number of carboxylic acid groups (broad SMARTS) is 1. The minimum absolute atomic E-state index is 0.0292. The van der Waals surface area contributed by atoms with Gasteiger partial charge in [-0.2, -0.15) is 13.2 Å². The van der Waals surface area contributed by atoms with Crippen molar-refractivity contribution in [1.29, 1.82) is 0 Å². The average molecular weight is 301 g/mol. The van der Waals surface area contributed by atoms with Crippen molar-refractivity contribution >= 4 is 5.97 Å². The van der Waals surface area contributed by atoms with E-state index in [1.807, 2.05) is 4.90 Å². The summed E-state index contributed by atoms with van der Waals surface area (Å²) < 4.78 is 39.3. The molecule has 1 N–H and O–H groups in total. The van der Waals surface area contributed by atoms with Crippen molar-refractivity contribution < 1.29 is 23.1 Å². The van der Waals surface area contributed by atoms with Crippen LogP contribution < -0.4 is 0 Å². The second kappa shape index (κ2) is 6.05. The van der Waals surface area contributed by atoms with Crippen molar-refractivity contribution in [2.45, 2.75) is 44.4 Å². The third-order valence-corrected chi connectivity index (χ3v) is 4.05. The van der Waals surface area contributed by atoms with Gasteiger partial charge in [0, 0.05) is 12.1 Å². The van der Waals surface area contributed by atoms with Gasteiger partial charge in [0.05, 0.1) is 12.0 Å². The largest absolute Gasteiger partial charge is 0.481 e. The summed E-state index contributed by atoms with van der Waals surface area (Å²) in [6.07, 6.45) is -2.90. The van der Waals surface area contributed by atoms with E-state index in [0.29, 0.717) is 13.0 Å². The molecule has 1 saturated heterocycles. The first kappa shape index (κ1) is 15.8. The van der Waals surface area contributed by atoms with Gasteiger partial charge < -0.3 is 5.11 Å². The number of alkyl halides is 3. The van der Waals surface area contributed by atoms with Gasteiger partial charge in [-0.25, -0.2) is 0 Å². The Hall–Kier alpha value is -1.56. The standard InChI is InChI=1S/C15H18F3NO2/c1-10(19-8-4-5-11(19)9-14(20)21)12-6-2-3-7-13(12)15(16,17)18/h2-3,6-7,10-11H,4-5,8-9H2,1H3,(H,20,21). The van der Waals surface area contributed by atoms with Crippen molar-refractivity contribution in [2.75, 3.05) is 6.54 Å². The van der Waals surface area contributed by atoms with Gasteiger partial charge in [0.15, 0.2) is 0 Å². The van der Waals surface area contributed by atoms with Crippen LogP contribution in [0.15, 0.2) is 24.3 Å². The average Bonchev–Trinajstić information content (AvgIpc) is 2.84. The zero-order valence-electron chi connectivity index (χ0n) is 11.7. The van der Waals surface area contributed by atoms with Crippen molar-refractivity contribution in [2.24, 2.45) is 0 Å². The number of carboxylic acids is 1. The minimum atomic E-state index is -4.40. The number of hydrogen-bond acceptors (Lipinski definition) is 2. The Labute approximate surface area is 121 Å². The molecule has 6 heteroatoms. The van der Waals surface area contributed by atoms with Gasteiger partial charge in [-0.05, 0) is 37.9 Å². The zero-order valence-corrected chi connectivity index (χ0v) is 11.7. The summed E-state index contributed by atoms with van der Waals surface area (Å²) in [6.45, 7) is 2.34. The van der Waals surface area contributed by atoms with Crippen molar-refractivity contribution in [1.82, 2.24) is 4.90 Å². The predicted octanol–water partition coefficient (Wildman–Crippen LogP) is 3.71. The summed E-state index contributed by atoms with van der Waals surface area (Å²) in [4.78, 5) is 12.8. The lowest BCUT2D eigenvalue weighted by molar-refractivity contribution is -0.140. The molecule has 2 rings (SSSR count). The monoisotopic (exact) mass is 301 g/mol. The number of nitrogens with zero attached hydrogens (tertiary/aromatic N) is 1. The molecule has 0 bridgehead atoms. The molecule has 0 saturated carbocycles. The molecule has 1 aliphatic heterocycles. The van der Waals surface area contributed by atoms with Crippen LogP contribution in [0.2, 0.25) is 0 Å². The Kier molecular flexibility index (Phi) is 4.56. The second-order valence-corrected chi connectivity index (χ2v) is 5.39. The number of hydrogen-bond donors (Lipinski definition) is 1. The van der Waals surface area contributed by atoms with Gasteiger partial charge in [-0.1, -0.05) is 18.2 Å². The van der Waals surface area contributed by atoms with E-state index in [2.05, 4.69) is 0 Å². The quantitative estimate of drug-likeness (QED) is 0.921. The highest BCUT2D eigenvalue weighted by molar-refractivity contribution is 5.67. The van der Waals surface area contributed by atoms with Crippen LogP contribution >= 0.6 is 0 Å². The Morgan fingerprint density at radius 3 is 2.71 bits per heavy atom. The van der Waals surface area contributed by atoms with Crippen LogP contribution in [0.3, 0.4) is 0 Å². The summed E-state index contributed by atoms with van der Waals surface area (Å²) >= 11 is 0. The highest BCUT2D eigenvalue weighted by atomic mass is 19.4. The number of likely N-dealkylation sites (tertiary alicyclic amines) is 1. The molecule has 116 valence electrons. The molecule has 21 heavy (non-hydrogen) atoms. The number of aliphatic carboxylic acids is 1. The first-order valence-corrected chi connectivity index (χ1v) is 6.94. The van der Waals surface area contributed by atoms with Crippen molar-refractivity contribution in [3.63, 3.8) is 0 Å². The molecule has 1 fully saturated rings. The molecule has 2 unspecified atom stereocenters. The predicted molar refractivity (Wildman–Crippen MR) is 71.8 cm³/mol. The summed E-state index contributed by atoms with van der Waals surface area (Å²) in [5.41, 5.74) is -0.430. The van der Waals surface area contributed by atoms with E-state index < -0.39 is 23.8 Å². The van der Waals surface area contributed by atoms with Crippen molar-refractivity contribution in [3.05, 3.63) is 35.4 Å². The first-order valence-electron chi connectivity index (χ1n) is 6.94. The SMILES string of the molecule is CC(c1ccccc1C(F)(F)F)N1CCCC1CC(=O)O. The minimum Gasteiger partial charge on any atom is -0.481 e. The Morgan fingerprint density at radius 1 is 1.43 bits per heavy atom. The molecular formula is C15H18F3NO2. The third kappa shape index (κ3) is 3.56. The molecule has 2 atom stereocenters. The molecule has 3 nitrogen and oxygen atoms in total. The van der Waals surface area contributed by atoms with E-state index in [1.54, 1.807) is 13.0 Å². The van der Waals surface area contributed by atoms with E-state index in [9.17, 15) is 18.0 Å². The normalized spacial score (nSPS) is 21.4. The van der Waals surface area contributed by atoms with Crippen LogP contribution in [-0.4, -0.2) is 28.6 Å². The van der Waals surface area contributed by atoms with Gasteiger partial charge in [-0.15, -0.1) is 0 Å². The smallest absolute Gasteiger partial charge is 0.416 e. The maximum Gasteiger partial charge on any atom is 0.416 e. The van der Waals surface area contributed by atoms with Gasteiger partial charge in [0.1, 0.15) is 0 Å². The third-order valence-electron chi connectivity index (χ3n) is 4.05. The fourth-order valence-corrected chi connectivity index (χ4v) is 3.09. The lowest BCUT2D eigenvalue weighted by Crippen LogP contribution is -2.34. The summed E-state index contributed by atoms with van der Waals surface area (Å²) in [5.74, 6) is -0.914. The fourth-order valence-electron chi connectivity index (χ4n) is 3.09. The number of carbonyl (C=O) groups is 1. The molecule has 1 heterocycles. The lowest BCUT2D eigenvalue weighted by atomic mass is 9.98. The molecule has 0 aliphatic carbocycles. The van der Waals surface area contributed by atoms with E-state index in [-0.39, 0.29) is 18.0 Å². The number of benzene rings is 1. The second-order valence-electron chi connectivity index (χ2n) is 5.39. The van der Waals surface area contributed by atoms with Crippen LogP contribution in [0.5, 0.6) is 0 Å². The fraction of sp³-hybridized carbons (Fsp3) is 0.533. The van der Waals surface area contributed by atoms with Crippen LogP contribution in [0.1, 0.15) is 43.4 Å². The van der Waals surface area contributed by atoms with E-state index >= 15 is 0 Å². The molecule has 0 amide bonds. The van der Waals surface area contributed by atoms with E-state index in [0.717, 1.165) is 12.5 Å². The molecule has 1 aromatic rings. The molecule has 1 aliphatic rings. The maximum atomic E-state index is 13.1. The zero-order chi connectivity index (χ0) is 15.6. The van der Waals surface area contributed by atoms with Crippen molar-refractivity contribution in [3.8, 4) is 0 Å². The van der Waals surface area contributed by atoms with Crippen LogP contribution in [0.25, 0.3) is 0 Å². The lowest BCUT2D eigenvalue weighted by Gasteiger charge is -2.31. The van der Waals surface area contributed by atoms with E-state index in [4.69, 9.17) is 5.11 Å². The van der Waals surface area contributed by atoms with Gasteiger partial charge in [-0.3, -0.25) is 9.69 Å². The molecule has 0 aromatic heterocycles. The van der Waals surface area contributed by atoms with Gasteiger partial charge in [0.2, 0.25) is 0 Å². The summed E-state index contributed by atoms with van der Waals surface area (Å²) in [6, 6.07) is 4.87. The maximum absolute atomic E-state index is 13.1. The molecular weight excluding hydrogens is 283 g/mol. The number of halogens is 3. The molecule has 0 spiro atoms. The molecule has 0 radical (unpaired) electrons. The molecule has 1 aromatic carbocycles. The Balaban J connectivity index is 2.27. The topological polar surface area (TPSA) is 40.5 Å². The highest BCUT2D eigenvalue weighted by Crippen LogP contribution is 2.38.